The Labute approximate surface area is 101 Å². The van der Waals surface area contributed by atoms with Crippen molar-refractivity contribution in [2.45, 2.75) is 26.8 Å². The lowest BCUT2D eigenvalue weighted by molar-refractivity contribution is -0.143. The second-order valence-corrected chi connectivity index (χ2v) is 3.76. The fraction of sp³-hybridized carbons (Fsp3) is 0.385. The van der Waals surface area contributed by atoms with Crippen LogP contribution in [0.25, 0.3) is 0 Å². The van der Waals surface area contributed by atoms with Gasteiger partial charge >= 0.3 is 5.97 Å². The van der Waals surface area contributed by atoms with E-state index in [2.05, 4.69) is 11.4 Å². The predicted octanol–water partition coefficient (Wildman–Crippen LogP) is 2.23. The zero-order valence-corrected chi connectivity index (χ0v) is 10.3. The first-order valence-corrected chi connectivity index (χ1v) is 5.52. The lowest BCUT2D eigenvalue weighted by Crippen LogP contribution is -2.28. The quantitative estimate of drug-likeness (QED) is 0.808. The van der Waals surface area contributed by atoms with Crippen LogP contribution in [-0.4, -0.2) is 18.6 Å². The molecule has 0 fully saturated rings. The minimum absolute atomic E-state index is 0.297. The molecule has 4 heteroatoms. The summed E-state index contributed by atoms with van der Waals surface area (Å²) in [7, 11) is 0. The molecular weight excluding hydrogens is 216 g/mol. The van der Waals surface area contributed by atoms with Crippen molar-refractivity contribution in [2.24, 2.45) is 0 Å². The van der Waals surface area contributed by atoms with E-state index in [1.54, 1.807) is 26.0 Å². The number of carbonyl (C=O) groups excluding carboxylic acids is 1. The molecule has 0 saturated carbocycles. The Kier molecular flexibility index (Phi) is 4.53. The smallest absolute Gasteiger partial charge is 0.328 e. The van der Waals surface area contributed by atoms with E-state index >= 15 is 0 Å². The molecule has 0 heterocycles. The van der Waals surface area contributed by atoms with Crippen molar-refractivity contribution >= 4 is 11.7 Å². The maximum atomic E-state index is 11.5. The third kappa shape index (κ3) is 3.49. The SMILES string of the molecule is CCOC(=O)C(C)Nc1cc(C#N)ccc1C. The van der Waals surface area contributed by atoms with E-state index in [1.807, 2.05) is 13.0 Å². The standard InChI is InChI=1S/C13H16N2O2/c1-4-17-13(16)10(3)15-12-7-11(8-14)6-5-9(12)2/h5-7,10,15H,4H2,1-3H3. The van der Waals surface area contributed by atoms with Gasteiger partial charge in [0.2, 0.25) is 0 Å². The molecule has 0 spiro atoms. The highest BCUT2D eigenvalue weighted by Crippen LogP contribution is 2.17. The van der Waals surface area contributed by atoms with Gasteiger partial charge in [0.25, 0.3) is 0 Å². The molecule has 0 aliphatic carbocycles. The van der Waals surface area contributed by atoms with E-state index in [0.717, 1.165) is 11.3 Å². The maximum Gasteiger partial charge on any atom is 0.328 e. The van der Waals surface area contributed by atoms with Crippen LogP contribution in [0.3, 0.4) is 0 Å². The summed E-state index contributed by atoms with van der Waals surface area (Å²) < 4.78 is 4.91. The van der Waals surface area contributed by atoms with Gasteiger partial charge in [0.1, 0.15) is 6.04 Å². The van der Waals surface area contributed by atoms with Crippen LogP contribution in [-0.2, 0) is 9.53 Å². The van der Waals surface area contributed by atoms with Crippen molar-refractivity contribution in [3.63, 3.8) is 0 Å². The van der Waals surface area contributed by atoms with Gasteiger partial charge in [0, 0.05) is 5.69 Å². The van der Waals surface area contributed by atoms with Gasteiger partial charge in [-0.3, -0.25) is 0 Å². The Balaban J connectivity index is 2.81. The summed E-state index contributed by atoms with van der Waals surface area (Å²) in [6.45, 7) is 5.78. The monoisotopic (exact) mass is 232 g/mol. The van der Waals surface area contributed by atoms with Gasteiger partial charge in [-0.1, -0.05) is 6.07 Å². The molecule has 90 valence electrons. The molecule has 0 radical (unpaired) electrons. The van der Waals surface area contributed by atoms with Crippen LogP contribution in [0.15, 0.2) is 18.2 Å². The van der Waals surface area contributed by atoms with Crippen molar-refractivity contribution in [1.29, 1.82) is 5.26 Å². The molecule has 0 bridgehead atoms. The van der Waals surface area contributed by atoms with Gasteiger partial charge in [0.05, 0.1) is 18.2 Å². The van der Waals surface area contributed by atoms with Crippen LogP contribution in [0, 0.1) is 18.3 Å². The average Bonchev–Trinajstić information content (AvgIpc) is 2.32. The zero-order valence-electron chi connectivity index (χ0n) is 10.3. The molecule has 0 aliphatic rings. The maximum absolute atomic E-state index is 11.5. The first-order valence-electron chi connectivity index (χ1n) is 5.52. The number of hydrogen-bond acceptors (Lipinski definition) is 4. The number of anilines is 1. The van der Waals surface area contributed by atoms with Gasteiger partial charge in [-0.25, -0.2) is 4.79 Å². The van der Waals surface area contributed by atoms with Crippen molar-refractivity contribution < 1.29 is 9.53 Å². The Morgan fingerprint density at radius 1 is 1.59 bits per heavy atom. The van der Waals surface area contributed by atoms with Crippen LogP contribution in [0.2, 0.25) is 0 Å². The van der Waals surface area contributed by atoms with Crippen molar-refractivity contribution in [1.82, 2.24) is 0 Å². The van der Waals surface area contributed by atoms with Crippen LogP contribution in [0.4, 0.5) is 5.69 Å². The van der Waals surface area contributed by atoms with Gasteiger partial charge in [-0.2, -0.15) is 5.26 Å². The fourth-order valence-electron chi connectivity index (χ4n) is 1.41. The summed E-state index contributed by atoms with van der Waals surface area (Å²) in [4.78, 5) is 11.5. The Bertz CT molecular complexity index is 449. The highest BCUT2D eigenvalue weighted by atomic mass is 16.5. The van der Waals surface area contributed by atoms with E-state index in [0.29, 0.717) is 12.2 Å². The highest BCUT2D eigenvalue weighted by Gasteiger charge is 2.14. The van der Waals surface area contributed by atoms with E-state index < -0.39 is 6.04 Å². The van der Waals surface area contributed by atoms with E-state index in [9.17, 15) is 4.79 Å². The number of carbonyl (C=O) groups is 1. The van der Waals surface area contributed by atoms with Crippen molar-refractivity contribution in [3.8, 4) is 6.07 Å². The normalized spacial score (nSPS) is 11.4. The number of aryl methyl sites for hydroxylation is 1. The number of hydrogen-bond donors (Lipinski definition) is 1. The second-order valence-electron chi connectivity index (χ2n) is 3.76. The Morgan fingerprint density at radius 3 is 2.88 bits per heavy atom. The third-order valence-corrected chi connectivity index (χ3v) is 2.38. The van der Waals surface area contributed by atoms with E-state index in [1.165, 1.54) is 0 Å². The second kappa shape index (κ2) is 5.90. The van der Waals surface area contributed by atoms with Crippen LogP contribution < -0.4 is 5.32 Å². The zero-order chi connectivity index (χ0) is 12.8. The lowest BCUT2D eigenvalue weighted by Gasteiger charge is -2.15. The minimum atomic E-state index is -0.428. The summed E-state index contributed by atoms with van der Waals surface area (Å²) in [5.74, 6) is -0.297. The summed E-state index contributed by atoms with van der Waals surface area (Å²) >= 11 is 0. The third-order valence-electron chi connectivity index (χ3n) is 2.38. The Hall–Kier alpha value is -2.02. The number of ether oxygens (including phenoxy) is 1. The fourth-order valence-corrected chi connectivity index (χ4v) is 1.41. The van der Waals surface area contributed by atoms with Crippen molar-refractivity contribution in [3.05, 3.63) is 29.3 Å². The van der Waals surface area contributed by atoms with Gasteiger partial charge in [-0.15, -0.1) is 0 Å². The number of esters is 1. The molecular formula is C13H16N2O2. The molecule has 1 atom stereocenters. The highest BCUT2D eigenvalue weighted by molar-refractivity contribution is 5.79. The molecule has 1 unspecified atom stereocenters. The first-order chi connectivity index (χ1) is 8.08. The number of nitrogens with one attached hydrogen (secondary N) is 1. The first kappa shape index (κ1) is 13.0. The summed E-state index contributed by atoms with van der Waals surface area (Å²) in [6.07, 6.45) is 0. The minimum Gasteiger partial charge on any atom is -0.464 e. The lowest BCUT2D eigenvalue weighted by atomic mass is 10.1. The molecule has 17 heavy (non-hydrogen) atoms. The summed E-state index contributed by atoms with van der Waals surface area (Å²) in [6, 6.07) is 6.96. The van der Waals surface area contributed by atoms with Crippen LogP contribution in [0.5, 0.6) is 0 Å². The number of nitrogens with zero attached hydrogens (tertiary/aromatic N) is 1. The van der Waals surface area contributed by atoms with Crippen molar-refractivity contribution in [2.75, 3.05) is 11.9 Å². The van der Waals surface area contributed by atoms with Crippen LogP contribution >= 0.6 is 0 Å². The molecule has 1 rings (SSSR count). The van der Waals surface area contributed by atoms with E-state index in [-0.39, 0.29) is 5.97 Å². The summed E-state index contributed by atoms with van der Waals surface area (Å²) in [5, 5.41) is 11.9. The largest absolute Gasteiger partial charge is 0.464 e. The number of rotatable bonds is 4. The molecule has 4 nitrogen and oxygen atoms in total. The average molecular weight is 232 g/mol. The molecule has 0 aromatic heterocycles. The van der Waals surface area contributed by atoms with Gasteiger partial charge in [-0.05, 0) is 38.5 Å². The number of benzene rings is 1. The molecule has 1 aromatic rings. The molecule has 0 amide bonds. The number of nitriles is 1. The molecule has 1 aromatic carbocycles. The molecule has 0 aliphatic heterocycles. The topological polar surface area (TPSA) is 62.1 Å². The van der Waals surface area contributed by atoms with Crippen LogP contribution in [0.1, 0.15) is 25.0 Å². The van der Waals surface area contributed by atoms with Gasteiger partial charge < -0.3 is 10.1 Å². The van der Waals surface area contributed by atoms with E-state index in [4.69, 9.17) is 10.00 Å². The van der Waals surface area contributed by atoms with Gasteiger partial charge in [0.15, 0.2) is 0 Å². The summed E-state index contributed by atoms with van der Waals surface area (Å²) in [5.41, 5.74) is 2.33. The predicted molar refractivity (Wildman–Crippen MR) is 65.6 cm³/mol. The molecule has 1 N–H and O–H groups in total. The molecule has 0 saturated heterocycles. The Morgan fingerprint density at radius 2 is 2.29 bits per heavy atom.